The SMILES string of the molecule is C[C@H]1CCCC[NH+]1CCCNC(=O)c1ccc(Br)cc1F. The van der Waals surface area contributed by atoms with Gasteiger partial charge in [0, 0.05) is 17.4 Å². The first-order valence-electron chi connectivity index (χ1n) is 7.66. The zero-order chi connectivity index (χ0) is 15.2. The van der Waals surface area contributed by atoms with Crippen molar-refractivity contribution in [2.45, 2.75) is 38.6 Å². The van der Waals surface area contributed by atoms with E-state index in [2.05, 4.69) is 28.2 Å². The first-order valence-corrected chi connectivity index (χ1v) is 8.45. The zero-order valence-electron chi connectivity index (χ0n) is 12.4. The Kier molecular flexibility index (Phi) is 6.18. The van der Waals surface area contributed by atoms with Crippen LogP contribution in [0.2, 0.25) is 0 Å². The van der Waals surface area contributed by atoms with Gasteiger partial charge in [0.15, 0.2) is 0 Å². The first-order chi connectivity index (χ1) is 10.1. The fourth-order valence-electron chi connectivity index (χ4n) is 2.91. The van der Waals surface area contributed by atoms with Gasteiger partial charge in [-0.2, -0.15) is 0 Å². The van der Waals surface area contributed by atoms with Gasteiger partial charge in [0.05, 0.1) is 24.7 Å². The number of carbonyl (C=O) groups is 1. The van der Waals surface area contributed by atoms with E-state index >= 15 is 0 Å². The van der Waals surface area contributed by atoms with Gasteiger partial charge in [0.25, 0.3) is 5.91 Å². The predicted molar refractivity (Wildman–Crippen MR) is 85.1 cm³/mol. The van der Waals surface area contributed by atoms with Crippen molar-refractivity contribution in [1.29, 1.82) is 0 Å². The molecule has 0 aliphatic carbocycles. The molecule has 0 spiro atoms. The topological polar surface area (TPSA) is 33.5 Å². The molecule has 1 fully saturated rings. The fraction of sp³-hybridized carbons (Fsp3) is 0.562. The minimum Gasteiger partial charge on any atom is -0.352 e. The molecule has 21 heavy (non-hydrogen) atoms. The minimum absolute atomic E-state index is 0.108. The largest absolute Gasteiger partial charge is 0.352 e. The summed E-state index contributed by atoms with van der Waals surface area (Å²) in [6.07, 6.45) is 4.87. The van der Waals surface area contributed by atoms with Gasteiger partial charge in [-0.3, -0.25) is 4.79 Å². The molecule has 1 aliphatic heterocycles. The Bertz CT molecular complexity index is 495. The van der Waals surface area contributed by atoms with Crippen LogP contribution in [0.4, 0.5) is 4.39 Å². The van der Waals surface area contributed by atoms with E-state index in [1.165, 1.54) is 37.9 Å². The van der Waals surface area contributed by atoms with E-state index in [0.29, 0.717) is 11.0 Å². The number of carbonyl (C=O) groups excluding carboxylic acids is 1. The second kappa shape index (κ2) is 7.90. The monoisotopic (exact) mass is 357 g/mol. The molecule has 1 saturated heterocycles. The summed E-state index contributed by atoms with van der Waals surface area (Å²) in [6.45, 7) is 5.20. The molecule has 1 amide bonds. The molecule has 2 atom stereocenters. The molecule has 1 unspecified atom stereocenters. The third-order valence-electron chi connectivity index (χ3n) is 4.22. The van der Waals surface area contributed by atoms with Gasteiger partial charge < -0.3 is 10.2 Å². The first kappa shape index (κ1) is 16.4. The number of rotatable bonds is 5. The highest BCUT2D eigenvalue weighted by Crippen LogP contribution is 2.15. The summed E-state index contributed by atoms with van der Waals surface area (Å²) in [5, 5.41) is 2.81. The lowest BCUT2D eigenvalue weighted by Crippen LogP contribution is -3.16. The maximum Gasteiger partial charge on any atom is 0.254 e. The van der Waals surface area contributed by atoms with Crippen molar-refractivity contribution in [3.05, 3.63) is 34.1 Å². The average Bonchev–Trinajstić information content (AvgIpc) is 2.45. The highest BCUT2D eigenvalue weighted by Gasteiger charge is 2.21. The molecular formula is C16H23BrFN2O+. The molecular weight excluding hydrogens is 335 g/mol. The van der Waals surface area contributed by atoms with Crippen LogP contribution in [0.5, 0.6) is 0 Å². The summed E-state index contributed by atoms with van der Waals surface area (Å²) in [6, 6.07) is 5.22. The molecule has 1 aliphatic rings. The van der Waals surface area contributed by atoms with Gasteiger partial charge in [-0.15, -0.1) is 0 Å². The van der Waals surface area contributed by atoms with Crippen LogP contribution in [0.15, 0.2) is 22.7 Å². The molecule has 3 nitrogen and oxygen atoms in total. The van der Waals surface area contributed by atoms with E-state index in [0.717, 1.165) is 19.0 Å². The van der Waals surface area contributed by atoms with E-state index in [-0.39, 0.29) is 11.5 Å². The number of hydrogen-bond acceptors (Lipinski definition) is 1. The van der Waals surface area contributed by atoms with Crippen LogP contribution in [0, 0.1) is 5.82 Å². The lowest BCUT2D eigenvalue weighted by molar-refractivity contribution is -0.928. The Morgan fingerprint density at radius 3 is 3.00 bits per heavy atom. The van der Waals surface area contributed by atoms with Gasteiger partial charge in [-0.05, 0) is 44.4 Å². The van der Waals surface area contributed by atoms with E-state index in [1.807, 2.05) is 0 Å². The number of benzene rings is 1. The molecule has 2 rings (SSSR count). The smallest absolute Gasteiger partial charge is 0.254 e. The van der Waals surface area contributed by atoms with Crippen LogP contribution < -0.4 is 10.2 Å². The number of quaternary nitrogens is 1. The lowest BCUT2D eigenvalue weighted by atomic mass is 10.0. The van der Waals surface area contributed by atoms with Crippen LogP contribution >= 0.6 is 15.9 Å². The van der Waals surface area contributed by atoms with Crippen molar-refractivity contribution < 1.29 is 14.1 Å². The predicted octanol–water partition coefficient (Wildman–Crippen LogP) is 2.17. The molecule has 1 heterocycles. The third-order valence-corrected chi connectivity index (χ3v) is 4.71. The van der Waals surface area contributed by atoms with Crippen molar-refractivity contribution in [3.8, 4) is 0 Å². The summed E-state index contributed by atoms with van der Waals surface area (Å²) in [5.74, 6) is -0.821. The third kappa shape index (κ3) is 4.78. The maximum absolute atomic E-state index is 13.7. The standard InChI is InChI=1S/C16H22BrFN2O/c1-12-5-2-3-9-20(12)10-4-8-19-16(21)14-7-6-13(17)11-15(14)18/h6-7,11-12H,2-5,8-10H2,1H3,(H,19,21)/p+1/t12-/m0/s1. The Balaban J connectivity index is 1.74. The van der Waals surface area contributed by atoms with E-state index < -0.39 is 5.82 Å². The van der Waals surface area contributed by atoms with Gasteiger partial charge >= 0.3 is 0 Å². The Labute approximate surface area is 134 Å². The lowest BCUT2D eigenvalue weighted by Gasteiger charge is -2.30. The maximum atomic E-state index is 13.7. The zero-order valence-corrected chi connectivity index (χ0v) is 14.0. The van der Waals surface area contributed by atoms with Crippen molar-refractivity contribution in [2.24, 2.45) is 0 Å². The molecule has 0 radical (unpaired) electrons. The summed E-state index contributed by atoms with van der Waals surface area (Å²) >= 11 is 3.18. The van der Waals surface area contributed by atoms with Gasteiger partial charge in [-0.1, -0.05) is 15.9 Å². The second-order valence-electron chi connectivity index (χ2n) is 5.79. The summed E-state index contributed by atoms with van der Waals surface area (Å²) in [5.41, 5.74) is 0.108. The molecule has 1 aromatic rings. The van der Waals surface area contributed by atoms with Crippen LogP contribution in [0.3, 0.4) is 0 Å². The summed E-state index contributed by atoms with van der Waals surface area (Å²) < 4.78 is 14.3. The molecule has 2 N–H and O–H groups in total. The van der Waals surface area contributed by atoms with Gasteiger partial charge in [0.2, 0.25) is 0 Å². The number of likely N-dealkylation sites (tertiary alicyclic amines) is 1. The highest BCUT2D eigenvalue weighted by atomic mass is 79.9. The van der Waals surface area contributed by atoms with Crippen molar-refractivity contribution in [2.75, 3.05) is 19.6 Å². The quantitative estimate of drug-likeness (QED) is 0.778. The van der Waals surface area contributed by atoms with Crippen LogP contribution in [-0.2, 0) is 0 Å². The Morgan fingerprint density at radius 2 is 2.29 bits per heavy atom. The van der Waals surface area contributed by atoms with Crippen LogP contribution in [-0.4, -0.2) is 31.6 Å². The highest BCUT2D eigenvalue weighted by molar-refractivity contribution is 9.10. The van der Waals surface area contributed by atoms with E-state index in [4.69, 9.17) is 0 Å². The van der Waals surface area contributed by atoms with Gasteiger partial charge in [-0.25, -0.2) is 4.39 Å². The summed E-state index contributed by atoms with van der Waals surface area (Å²) in [4.78, 5) is 13.5. The second-order valence-corrected chi connectivity index (χ2v) is 6.70. The molecule has 1 aromatic carbocycles. The van der Waals surface area contributed by atoms with Crippen molar-refractivity contribution in [3.63, 3.8) is 0 Å². The molecule has 0 bridgehead atoms. The number of amides is 1. The molecule has 116 valence electrons. The molecule has 5 heteroatoms. The van der Waals surface area contributed by atoms with Gasteiger partial charge in [0.1, 0.15) is 5.82 Å². The molecule has 0 saturated carbocycles. The van der Waals surface area contributed by atoms with E-state index in [9.17, 15) is 9.18 Å². The molecule has 0 aromatic heterocycles. The average molecular weight is 358 g/mol. The van der Waals surface area contributed by atoms with E-state index in [1.54, 1.807) is 11.0 Å². The van der Waals surface area contributed by atoms with Crippen molar-refractivity contribution >= 4 is 21.8 Å². The summed E-state index contributed by atoms with van der Waals surface area (Å²) in [7, 11) is 0. The Morgan fingerprint density at radius 1 is 1.48 bits per heavy atom. The number of nitrogens with one attached hydrogen (secondary N) is 2. The Hall–Kier alpha value is -0.940. The van der Waals surface area contributed by atoms with Crippen molar-refractivity contribution in [1.82, 2.24) is 5.32 Å². The number of hydrogen-bond donors (Lipinski definition) is 2. The minimum atomic E-state index is -0.489. The number of halogens is 2. The van der Waals surface area contributed by atoms with Crippen LogP contribution in [0.25, 0.3) is 0 Å². The fourth-order valence-corrected chi connectivity index (χ4v) is 3.24. The number of piperidine rings is 1. The normalized spacial score (nSPS) is 22.0. The van der Waals surface area contributed by atoms with Crippen LogP contribution in [0.1, 0.15) is 43.0 Å².